The molecule has 3 heteroatoms. The summed E-state index contributed by atoms with van der Waals surface area (Å²) >= 11 is 0. The van der Waals surface area contributed by atoms with E-state index in [2.05, 4.69) is 28.7 Å². The SMILES string of the molecule is CCCn1ccnc1CC1=CC(N)CCC1. The molecule has 1 unspecified atom stereocenters. The molecule has 0 saturated heterocycles. The fraction of sp³-hybridized carbons (Fsp3) is 0.615. The number of rotatable bonds is 4. The first kappa shape index (κ1) is 11.4. The van der Waals surface area contributed by atoms with Gasteiger partial charge in [0.05, 0.1) is 0 Å². The Labute approximate surface area is 97.4 Å². The highest BCUT2D eigenvalue weighted by Gasteiger charge is 2.12. The second-order valence-electron chi connectivity index (χ2n) is 4.59. The van der Waals surface area contributed by atoms with Gasteiger partial charge in [0.15, 0.2) is 0 Å². The van der Waals surface area contributed by atoms with E-state index < -0.39 is 0 Å². The molecule has 0 radical (unpaired) electrons. The highest BCUT2D eigenvalue weighted by molar-refractivity contribution is 5.15. The lowest BCUT2D eigenvalue weighted by Crippen LogP contribution is -2.21. The monoisotopic (exact) mass is 219 g/mol. The summed E-state index contributed by atoms with van der Waals surface area (Å²) in [5, 5.41) is 0. The Kier molecular flexibility index (Phi) is 3.78. The fourth-order valence-electron chi connectivity index (χ4n) is 2.34. The number of imidazole rings is 1. The molecule has 0 fully saturated rings. The maximum atomic E-state index is 5.95. The molecular weight excluding hydrogens is 198 g/mol. The van der Waals surface area contributed by atoms with Crippen LogP contribution >= 0.6 is 0 Å². The summed E-state index contributed by atoms with van der Waals surface area (Å²) < 4.78 is 2.25. The Morgan fingerprint density at radius 3 is 3.19 bits per heavy atom. The van der Waals surface area contributed by atoms with Gasteiger partial charge in [-0.25, -0.2) is 4.98 Å². The topological polar surface area (TPSA) is 43.8 Å². The minimum atomic E-state index is 0.262. The molecular formula is C13H21N3. The molecule has 0 amide bonds. The first-order chi connectivity index (χ1) is 7.79. The van der Waals surface area contributed by atoms with Gasteiger partial charge in [-0.2, -0.15) is 0 Å². The maximum absolute atomic E-state index is 5.95. The highest BCUT2D eigenvalue weighted by Crippen LogP contribution is 2.20. The third-order valence-corrected chi connectivity index (χ3v) is 3.14. The smallest absolute Gasteiger partial charge is 0.112 e. The van der Waals surface area contributed by atoms with Crippen molar-refractivity contribution in [3.63, 3.8) is 0 Å². The average Bonchev–Trinajstić information content (AvgIpc) is 2.66. The van der Waals surface area contributed by atoms with Crippen molar-refractivity contribution < 1.29 is 0 Å². The van der Waals surface area contributed by atoms with Crippen molar-refractivity contribution in [1.82, 2.24) is 9.55 Å². The van der Waals surface area contributed by atoms with Crippen LogP contribution in [0.15, 0.2) is 24.0 Å². The van der Waals surface area contributed by atoms with Gasteiger partial charge in [0, 0.05) is 31.4 Å². The molecule has 16 heavy (non-hydrogen) atoms. The molecule has 0 spiro atoms. The van der Waals surface area contributed by atoms with E-state index in [1.807, 2.05) is 6.20 Å². The van der Waals surface area contributed by atoms with Gasteiger partial charge in [-0.15, -0.1) is 0 Å². The first-order valence-corrected chi connectivity index (χ1v) is 6.24. The third kappa shape index (κ3) is 2.73. The zero-order valence-electron chi connectivity index (χ0n) is 10.0. The van der Waals surface area contributed by atoms with Crippen molar-refractivity contribution >= 4 is 0 Å². The van der Waals surface area contributed by atoms with E-state index >= 15 is 0 Å². The Morgan fingerprint density at radius 2 is 2.44 bits per heavy atom. The number of aryl methyl sites for hydroxylation is 1. The third-order valence-electron chi connectivity index (χ3n) is 3.14. The van der Waals surface area contributed by atoms with Crippen LogP contribution in [0, 0.1) is 0 Å². The van der Waals surface area contributed by atoms with Crippen molar-refractivity contribution in [2.45, 2.75) is 51.6 Å². The summed E-state index contributed by atoms with van der Waals surface area (Å²) in [6, 6.07) is 0.262. The van der Waals surface area contributed by atoms with Crippen molar-refractivity contribution in [2.24, 2.45) is 5.73 Å². The molecule has 1 aliphatic rings. The van der Waals surface area contributed by atoms with Crippen molar-refractivity contribution in [2.75, 3.05) is 0 Å². The lowest BCUT2D eigenvalue weighted by Gasteiger charge is -2.18. The van der Waals surface area contributed by atoms with Gasteiger partial charge in [-0.1, -0.05) is 18.6 Å². The summed E-state index contributed by atoms with van der Waals surface area (Å²) in [5.41, 5.74) is 7.41. The Balaban J connectivity index is 2.05. The van der Waals surface area contributed by atoms with E-state index in [9.17, 15) is 0 Å². The van der Waals surface area contributed by atoms with Crippen LogP contribution in [0.3, 0.4) is 0 Å². The van der Waals surface area contributed by atoms with E-state index in [0.717, 1.165) is 25.8 Å². The Morgan fingerprint density at radius 1 is 1.56 bits per heavy atom. The van der Waals surface area contributed by atoms with E-state index in [1.54, 1.807) is 0 Å². The summed E-state index contributed by atoms with van der Waals surface area (Å²) in [6.45, 7) is 3.26. The molecule has 88 valence electrons. The van der Waals surface area contributed by atoms with Gasteiger partial charge in [-0.05, 0) is 25.7 Å². The molecule has 0 saturated carbocycles. The van der Waals surface area contributed by atoms with Gasteiger partial charge >= 0.3 is 0 Å². The van der Waals surface area contributed by atoms with Crippen LogP contribution in [0.1, 0.15) is 38.4 Å². The Bertz CT molecular complexity index is 365. The number of nitrogens with zero attached hydrogens (tertiary/aromatic N) is 2. The summed E-state index contributed by atoms with van der Waals surface area (Å²) in [6.07, 6.45) is 11.9. The minimum absolute atomic E-state index is 0.262. The number of nitrogens with two attached hydrogens (primary N) is 1. The number of hydrogen-bond acceptors (Lipinski definition) is 2. The number of aromatic nitrogens is 2. The summed E-state index contributed by atoms with van der Waals surface area (Å²) in [5.74, 6) is 1.18. The second kappa shape index (κ2) is 5.30. The van der Waals surface area contributed by atoms with Gasteiger partial charge in [0.25, 0.3) is 0 Å². The van der Waals surface area contributed by atoms with Gasteiger partial charge < -0.3 is 10.3 Å². The summed E-state index contributed by atoms with van der Waals surface area (Å²) in [4.78, 5) is 4.44. The minimum Gasteiger partial charge on any atom is -0.335 e. The zero-order chi connectivity index (χ0) is 11.4. The highest BCUT2D eigenvalue weighted by atomic mass is 15.1. The molecule has 1 aromatic heterocycles. The fourth-order valence-corrected chi connectivity index (χ4v) is 2.34. The van der Waals surface area contributed by atoms with Crippen molar-refractivity contribution in [3.05, 3.63) is 29.9 Å². The summed E-state index contributed by atoms with van der Waals surface area (Å²) in [7, 11) is 0. The van der Waals surface area contributed by atoms with Crippen LogP contribution in [0.25, 0.3) is 0 Å². The Hall–Kier alpha value is -1.09. The largest absolute Gasteiger partial charge is 0.335 e. The quantitative estimate of drug-likeness (QED) is 0.789. The van der Waals surface area contributed by atoms with Crippen molar-refractivity contribution in [1.29, 1.82) is 0 Å². The first-order valence-electron chi connectivity index (χ1n) is 6.24. The van der Waals surface area contributed by atoms with E-state index in [0.29, 0.717) is 0 Å². The van der Waals surface area contributed by atoms with Crippen LogP contribution in [0.2, 0.25) is 0 Å². The molecule has 0 bridgehead atoms. The predicted octanol–water partition coefficient (Wildman–Crippen LogP) is 2.27. The van der Waals surface area contributed by atoms with Crippen molar-refractivity contribution in [3.8, 4) is 0 Å². The molecule has 1 aliphatic carbocycles. The molecule has 3 nitrogen and oxygen atoms in total. The van der Waals surface area contributed by atoms with Crippen LogP contribution in [0.5, 0.6) is 0 Å². The number of hydrogen-bond donors (Lipinski definition) is 1. The second-order valence-corrected chi connectivity index (χ2v) is 4.59. The van der Waals surface area contributed by atoms with Gasteiger partial charge in [-0.3, -0.25) is 0 Å². The maximum Gasteiger partial charge on any atom is 0.112 e. The van der Waals surface area contributed by atoms with Gasteiger partial charge in [0.2, 0.25) is 0 Å². The molecule has 1 atom stereocenters. The van der Waals surface area contributed by atoms with Crippen LogP contribution in [0.4, 0.5) is 0 Å². The van der Waals surface area contributed by atoms with Crippen LogP contribution in [-0.2, 0) is 13.0 Å². The van der Waals surface area contributed by atoms with E-state index in [-0.39, 0.29) is 6.04 Å². The standard InChI is InChI=1S/C13H21N3/c1-2-7-16-8-6-15-13(16)10-11-4-3-5-12(14)9-11/h6,8-9,12H,2-5,7,10,14H2,1H3. The van der Waals surface area contributed by atoms with Gasteiger partial charge in [0.1, 0.15) is 5.82 Å². The average molecular weight is 219 g/mol. The zero-order valence-corrected chi connectivity index (χ0v) is 10.0. The molecule has 1 heterocycles. The van der Waals surface area contributed by atoms with Crippen LogP contribution < -0.4 is 5.73 Å². The lowest BCUT2D eigenvalue weighted by molar-refractivity contribution is 0.599. The molecule has 0 aliphatic heterocycles. The predicted molar refractivity (Wildman–Crippen MR) is 66.1 cm³/mol. The molecule has 1 aromatic rings. The molecule has 2 rings (SSSR count). The van der Waals surface area contributed by atoms with Crippen LogP contribution in [-0.4, -0.2) is 15.6 Å². The molecule has 0 aromatic carbocycles. The van der Waals surface area contributed by atoms with E-state index in [1.165, 1.54) is 24.2 Å². The normalized spacial score (nSPS) is 20.9. The lowest BCUT2D eigenvalue weighted by atomic mass is 9.94. The number of allylic oxidation sites excluding steroid dienone is 1. The molecule has 2 N–H and O–H groups in total. The van der Waals surface area contributed by atoms with E-state index in [4.69, 9.17) is 5.73 Å².